The Labute approximate surface area is 158 Å². The quantitative estimate of drug-likeness (QED) is 0.772. The van der Waals surface area contributed by atoms with E-state index >= 15 is 0 Å². The van der Waals surface area contributed by atoms with E-state index in [-0.39, 0.29) is 6.03 Å². The number of carbonyl (C=O) groups is 1. The molecule has 0 unspecified atom stereocenters. The van der Waals surface area contributed by atoms with Crippen molar-refractivity contribution in [1.29, 1.82) is 0 Å². The molecule has 1 aliphatic rings. The van der Waals surface area contributed by atoms with Crippen molar-refractivity contribution >= 4 is 17.2 Å². The van der Waals surface area contributed by atoms with Gasteiger partial charge in [0.2, 0.25) is 0 Å². The molecule has 0 bridgehead atoms. The van der Waals surface area contributed by atoms with Crippen molar-refractivity contribution in [1.82, 2.24) is 19.4 Å². The zero-order chi connectivity index (χ0) is 18.6. The highest BCUT2D eigenvalue weighted by Crippen LogP contribution is 2.16. The van der Waals surface area contributed by atoms with Crippen LogP contribution in [0.5, 0.6) is 5.75 Å². The molecule has 1 aromatic carbocycles. The van der Waals surface area contributed by atoms with E-state index in [0.29, 0.717) is 13.1 Å². The number of methoxy groups -OCH3 is 1. The summed E-state index contributed by atoms with van der Waals surface area (Å²) >= 11 is 0. The highest BCUT2D eigenvalue weighted by molar-refractivity contribution is 5.89. The van der Waals surface area contributed by atoms with E-state index in [9.17, 15) is 4.79 Å². The van der Waals surface area contributed by atoms with Gasteiger partial charge in [0.05, 0.1) is 18.3 Å². The number of rotatable bonds is 4. The molecule has 140 valence electrons. The van der Waals surface area contributed by atoms with Crippen molar-refractivity contribution in [3.63, 3.8) is 0 Å². The number of urea groups is 1. The van der Waals surface area contributed by atoms with Gasteiger partial charge in [0.25, 0.3) is 0 Å². The van der Waals surface area contributed by atoms with Crippen molar-refractivity contribution in [2.45, 2.75) is 6.54 Å². The number of hydrogen-bond donors (Lipinski definition) is 1. The first kappa shape index (κ1) is 17.4. The van der Waals surface area contributed by atoms with Crippen LogP contribution in [0.15, 0.2) is 54.7 Å². The minimum atomic E-state index is -0.0625. The number of pyridine rings is 1. The predicted octanol–water partition coefficient (Wildman–Crippen LogP) is 2.69. The average molecular weight is 365 g/mol. The molecule has 0 saturated carbocycles. The number of anilines is 1. The van der Waals surface area contributed by atoms with Crippen LogP contribution in [0.3, 0.4) is 0 Å². The smallest absolute Gasteiger partial charge is 0.321 e. The minimum absolute atomic E-state index is 0.0625. The molecule has 7 nitrogen and oxygen atoms in total. The molecule has 3 aromatic rings. The average Bonchev–Trinajstić information content (AvgIpc) is 3.11. The standard InChI is InChI=1S/C20H23N5O2/c1-27-19-7-5-16(6-8-19)21-20(26)24-12-10-23(11-13-24)15-17-14-18-4-2-3-9-25(18)22-17/h2-9,14H,10-13,15H2,1H3,(H,21,26). The van der Waals surface area contributed by atoms with Gasteiger partial charge >= 0.3 is 6.03 Å². The van der Waals surface area contributed by atoms with Crippen molar-refractivity contribution < 1.29 is 9.53 Å². The number of benzene rings is 1. The van der Waals surface area contributed by atoms with E-state index in [2.05, 4.69) is 27.4 Å². The molecule has 0 aliphatic carbocycles. The molecule has 0 atom stereocenters. The minimum Gasteiger partial charge on any atom is -0.497 e. The van der Waals surface area contributed by atoms with Crippen LogP contribution in [0.2, 0.25) is 0 Å². The van der Waals surface area contributed by atoms with Gasteiger partial charge in [-0.05, 0) is 42.5 Å². The largest absolute Gasteiger partial charge is 0.497 e. The molecule has 1 aliphatic heterocycles. The molecule has 27 heavy (non-hydrogen) atoms. The molecule has 2 amide bonds. The fraction of sp³-hybridized carbons (Fsp3) is 0.300. The third-order valence-corrected chi connectivity index (χ3v) is 4.81. The Kier molecular flexibility index (Phi) is 4.93. The molecule has 1 saturated heterocycles. The van der Waals surface area contributed by atoms with Gasteiger partial charge in [-0.2, -0.15) is 5.10 Å². The Morgan fingerprint density at radius 1 is 1.11 bits per heavy atom. The molecule has 0 spiro atoms. The molecule has 1 fully saturated rings. The number of amides is 2. The zero-order valence-corrected chi connectivity index (χ0v) is 15.3. The number of fused-ring (bicyclic) bond motifs is 1. The number of nitrogens with one attached hydrogen (secondary N) is 1. The maximum atomic E-state index is 12.5. The van der Waals surface area contributed by atoms with Gasteiger partial charge in [-0.25, -0.2) is 9.31 Å². The summed E-state index contributed by atoms with van der Waals surface area (Å²) in [6.45, 7) is 3.88. The third-order valence-electron chi connectivity index (χ3n) is 4.81. The van der Waals surface area contributed by atoms with E-state index in [4.69, 9.17) is 4.74 Å². The van der Waals surface area contributed by atoms with E-state index in [0.717, 1.165) is 42.3 Å². The summed E-state index contributed by atoms with van der Waals surface area (Å²) < 4.78 is 7.03. The van der Waals surface area contributed by atoms with Gasteiger partial charge in [-0.1, -0.05) is 6.07 Å². The summed E-state index contributed by atoms with van der Waals surface area (Å²) in [4.78, 5) is 16.6. The Hall–Kier alpha value is -3.06. The SMILES string of the molecule is COc1ccc(NC(=O)N2CCN(Cc3cc4ccccn4n3)CC2)cc1. The first-order valence-electron chi connectivity index (χ1n) is 9.07. The van der Waals surface area contributed by atoms with Crippen LogP contribution in [0, 0.1) is 0 Å². The summed E-state index contributed by atoms with van der Waals surface area (Å²) in [6.07, 6.45) is 1.96. The lowest BCUT2D eigenvalue weighted by atomic mass is 10.3. The van der Waals surface area contributed by atoms with Crippen molar-refractivity contribution in [2.24, 2.45) is 0 Å². The van der Waals surface area contributed by atoms with E-state index in [1.165, 1.54) is 0 Å². The van der Waals surface area contributed by atoms with Gasteiger partial charge in [0, 0.05) is 44.6 Å². The Balaban J connectivity index is 1.29. The number of piperazine rings is 1. The van der Waals surface area contributed by atoms with Gasteiger partial charge in [-0.15, -0.1) is 0 Å². The molecular weight excluding hydrogens is 342 g/mol. The summed E-state index contributed by atoms with van der Waals surface area (Å²) in [7, 11) is 1.62. The highest BCUT2D eigenvalue weighted by Gasteiger charge is 2.21. The molecule has 4 rings (SSSR count). The molecule has 3 heterocycles. The molecule has 0 radical (unpaired) electrons. The first-order chi connectivity index (χ1) is 13.2. The second-order valence-corrected chi connectivity index (χ2v) is 6.63. The summed E-state index contributed by atoms with van der Waals surface area (Å²) in [5.41, 5.74) is 2.93. The summed E-state index contributed by atoms with van der Waals surface area (Å²) in [5, 5.41) is 7.55. The zero-order valence-electron chi connectivity index (χ0n) is 15.3. The Morgan fingerprint density at radius 2 is 1.89 bits per heavy atom. The maximum absolute atomic E-state index is 12.5. The van der Waals surface area contributed by atoms with Gasteiger partial charge in [0.15, 0.2) is 0 Å². The number of aromatic nitrogens is 2. The lowest BCUT2D eigenvalue weighted by molar-refractivity contribution is 0.142. The normalized spacial score (nSPS) is 15.1. The van der Waals surface area contributed by atoms with Crippen LogP contribution in [-0.4, -0.2) is 58.7 Å². The fourth-order valence-corrected chi connectivity index (χ4v) is 3.28. The monoisotopic (exact) mass is 365 g/mol. The van der Waals surface area contributed by atoms with Gasteiger partial charge < -0.3 is 15.0 Å². The van der Waals surface area contributed by atoms with Crippen LogP contribution in [0.1, 0.15) is 5.69 Å². The van der Waals surface area contributed by atoms with Crippen molar-refractivity contribution in [2.75, 3.05) is 38.6 Å². The highest BCUT2D eigenvalue weighted by atomic mass is 16.5. The Morgan fingerprint density at radius 3 is 2.59 bits per heavy atom. The lowest BCUT2D eigenvalue weighted by Crippen LogP contribution is -2.49. The van der Waals surface area contributed by atoms with Crippen LogP contribution >= 0.6 is 0 Å². The maximum Gasteiger partial charge on any atom is 0.321 e. The molecule has 7 heteroatoms. The lowest BCUT2D eigenvalue weighted by Gasteiger charge is -2.34. The predicted molar refractivity (Wildman–Crippen MR) is 104 cm³/mol. The number of nitrogens with zero attached hydrogens (tertiary/aromatic N) is 4. The molecule has 2 aromatic heterocycles. The molecule has 1 N–H and O–H groups in total. The number of hydrogen-bond acceptors (Lipinski definition) is 4. The first-order valence-corrected chi connectivity index (χ1v) is 9.07. The summed E-state index contributed by atoms with van der Waals surface area (Å²) in [6, 6.07) is 15.5. The topological polar surface area (TPSA) is 62.1 Å². The van der Waals surface area contributed by atoms with Crippen molar-refractivity contribution in [3.8, 4) is 5.75 Å². The van der Waals surface area contributed by atoms with Crippen LogP contribution < -0.4 is 10.1 Å². The van der Waals surface area contributed by atoms with Crippen LogP contribution in [-0.2, 0) is 6.54 Å². The number of ether oxygens (including phenoxy) is 1. The Bertz CT molecular complexity index is 881. The van der Waals surface area contributed by atoms with E-state index in [1.54, 1.807) is 7.11 Å². The molecular formula is C20H23N5O2. The second kappa shape index (κ2) is 7.67. The van der Waals surface area contributed by atoms with Crippen LogP contribution in [0.4, 0.5) is 10.5 Å². The summed E-state index contributed by atoms with van der Waals surface area (Å²) in [5.74, 6) is 0.772. The second-order valence-electron chi connectivity index (χ2n) is 6.63. The van der Waals surface area contributed by atoms with Gasteiger partial charge in [0.1, 0.15) is 5.75 Å². The van der Waals surface area contributed by atoms with Crippen molar-refractivity contribution in [3.05, 3.63) is 60.4 Å². The number of carbonyl (C=O) groups excluding carboxylic acids is 1. The van der Waals surface area contributed by atoms with E-state index in [1.807, 2.05) is 52.0 Å². The van der Waals surface area contributed by atoms with Gasteiger partial charge in [-0.3, -0.25) is 4.90 Å². The van der Waals surface area contributed by atoms with E-state index < -0.39 is 0 Å². The fourth-order valence-electron chi connectivity index (χ4n) is 3.28. The third kappa shape index (κ3) is 4.03. The van der Waals surface area contributed by atoms with Crippen LogP contribution in [0.25, 0.3) is 5.52 Å².